The van der Waals surface area contributed by atoms with Crippen LogP contribution in [0.5, 0.6) is 0 Å². The molecule has 1 amide bonds. The van der Waals surface area contributed by atoms with Gasteiger partial charge in [0.1, 0.15) is 11.7 Å². The fourth-order valence-corrected chi connectivity index (χ4v) is 2.08. The minimum atomic E-state index is -1.02. The summed E-state index contributed by atoms with van der Waals surface area (Å²) in [6.45, 7) is 0.205. The average molecular weight is 332 g/mol. The third-order valence-electron chi connectivity index (χ3n) is 2.90. The number of carboxylic acids is 1. The molecule has 1 aromatic rings. The first kappa shape index (κ1) is 14.0. The van der Waals surface area contributed by atoms with Gasteiger partial charge in [0.15, 0.2) is 0 Å². The van der Waals surface area contributed by atoms with Crippen LogP contribution in [-0.4, -0.2) is 36.2 Å². The highest BCUT2D eigenvalue weighted by Crippen LogP contribution is 2.18. The van der Waals surface area contributed by atoms with E-state index in [0.29, 0.717) is 0 Å². The van der Waals surface area contributed by atoms with Gasteiger partial charge in [0.2, 0.25) is 0 Å². The number of aliphatic carboxylic acids is 1. The van der Waals surface area contributed by atoms with E-state index in [2.05, 4.69) is 21.2 Å². The molecule has 1 saturated heterocycles. The Morgan fingerprint density at radius 1 is 1.42 bits per heavy atom. The van der Waals surface area contributed by atoms with E-state index in [0.717, 1.165) is 6.07 Å². The van der Waals surface area contributed by atoms with Crippen molar-refractivity contribution in [3.63, 3.8) is 0 Å². The fourth-order valence-electron chi connectivity index (χ4n) is 1.83. The second kappa shape index (κ2) is 5.66. The van der Waals surface area contributed by atoms with Crippen LogP contribution in [0.15, 0.2) is 22.7 Å². The van der Waals surface area contributed by atoms with E-state index in [1.807, 2.05) is 0 Å². The van der Waals surface area contributed by atoms with Gasteiger partial charge in [-0.3, -0.25) is 9.59 Å². The Hall–Kier alpha value is -1.47. The van der Waals surface area contributed by atoms with Gasteiger partial charge in [0.25, 0.3) is 5.91 Å². The molecule has 1 aliphatic heterocycles. The number of benzene rings is 1. The third-order valence-corrected chi connectivity index (χ3v) is 3.54. The standard InChI is InChI=1S/C12H11BrFNO4/c13-8-2-1-6(3-9(8)14)11(16)15-10-5-19-4-7(10)12(17)18/h1-3,7,10H,4-5H2,(H,15,16)(H,17,18). The molecule has 0 aromatic heterocycles. The number of halogens is 2. The Balaban J connectivity index is 2.08. The molecule has 1 aliphatic rings. The number of hydrogen-bond acceptors (Lipinski definition) is 3. The van der Waals surface area contributed by atoms with Gasteiger partial charge in [-0.1, -0.05) is 0 Å². The third kappa shape index (κ3) is 3.10. The van der Waals surface area contributed by atoms with Gasteiger partial charge in [-0.15, -0.1) is 0 Å². The Bertz CT molecular complexity index is 522. The lowest BCUT2D eigenvalue weighted by atomic mass is 10.0. The first-order valence-corrected chi connectivity index (χ1v) is 6.35. The van der Waals surface area contributed by atoms with Crippen molar-refractivity contribution in [3.05, 3.63) is 34.1 Å². The quantitative estimate of drug-likeness (QED) is 0.878. The Kier molecular flexibility index (Phi) is 4.16. The molecule has 7 heteroatoms. The van der Waals surface area contributed by atoms with E-state index in [-0.39, 0.29) is 23.2 Å². The van der Waals surface area contributed by atoms with Gasteiger partial charge >= 0.3 is 5.97 Å². The molecule has 0 spiro atoms. The van der Waals surface area contributed by atoms with E-state index in [1.54, 1.807) is 0 Å². The van der Waals surface area contributed by atoms with Crippen molar-refractivity contribution in [2.45, 2.75) is 6.04 Å². The highest BCUT2D eigenvalue weighted by molar-refractivity contribution is 9.10. The van der Waals surface area contributed by atoms with Crippen molar-refractivity contribution < 1.29 is 23.8 Å². The summed E-state index contributed by atoms with van der Waals surface area (Å²) in [5.41, 5.74) is 0.136. The molecule has 2 rings (SSSR count). The van der Waals surface area contributed by atoms with Gasteiger partial charge < -0.3 is 15.2 Å². The van der Waals surface area contributed by atoms with E-state index >= 15 is 0 Å². The van der Waals surface area contributed by atoms with E-state index in [9.17, 15) is 14.0 Å². The summed E-state index contributed by atoms with van der Waals surface area (Å²) in [6.07, 6.45) is 0. The number of rotatable bonds is 3. The summed E-state index contributed by atoms with van der Waals surface area (Å²) in [4.78, 5) is 22.8. The summed E-state index contributed by atoms with van der Waals surface area (Å²) >= 11 is 2.99. The Labute approximate surface area is 116 Å². The van der Waals surface area contributed by atoms with E-state index in [4.69, 9.17) is 9.84 Å². The normalized spacial score (nSPS) is 22.2. The summed E-state index contributed by atoms with van der Waals surface area (Å²) < 4.78 is 18.6. The molecule has 1 heterocycles. The van der Waals surface area contributed by atoms with Crippen molar-refractivity contribution in [1.82, 2.24) is 5.32 Å². The van der Waals surface area contributed by atoms with Gasteiger partial charge in [-0.2, -0.15) is 0 Å². The van der Waals surface area contributed by atoms with Crippen molar-refractivity contribution in [1.29, 1.82) is 0 Å². The number of carboxylic acid groups (broad SMARTS) is 1. The molecule has 0 radical (unpaired) electrons. The van der Waals surface area contributed by atoms with Crippen LogP contribution >= 0.6 is 15.9 Å². The number of carbonyl (C=O) groups excluding carboxylic acids is 1. The Morgan fingerprint density at radius 2 is 2.16 bits per heavy atom. The number of carbonyl (C=O) groups is 2. The first-order chi connectivity index (χ1) is 8.99. The zero-order valence-electron chi connectivity index (χ0n) is 9.73. The SMILES string of the molecule is O=C(NC1COCC1C(=O)O)c1ccc(Br)c(F)c1. The maximum absolute atomic E-state index is 13.3. The Morgan fingerprint density at radius 3 is 2.79 bits per heavy atom. The minimum absolute atomic E-state index is 0.0645. The molecule has 2 atom stereocenters. The maximum atomic E-state index is 13.3. The molecule has 1 fully saturated rings. The molecule has 2 N–H and O–H groups in total. The van der Waals surface area contributed by atoms with E-state index < -0.39 is 29.7 Å². The van der Waals surface area contributed by atoms with Crippen LogP contribution in [-0.2, 0) is 9.53 Å². The predicted octanol–water partition coefficient (Wildman–Crippen LogP) is 1.42. The second-order valence-corrected chi connectivity index (χ2v) is 5.05. The lowest BCUT2D eigenvalue weighted by Gasteiger charge is -2.15. The second-order valence-electron chi connectivity index (χ2n) is 4.19. The van der Waals surface area contributed by atoms with Crippen molar-refractivity contribution >= 4 is 27.8 Å². The number of hydrogen-bond donors (Lipinski definition) is 2. The molecule has 2 unspecified atom stereocenters. The van der Waals surface area contributed by atoms with Crippen molar-refractivity contribution in [3.8, 4) is 0 Å². The molecule has 102 valence electrons. The molecular weight excluding hydrogens is 321 g/mol. The molecular formula is C12H11BrFNO4. The summed E-state index contributed by atoms with van der Waals surface area (Å²) in [5.74, 6) is -2.87. The van der Waals surface area contributed by atoms with Gasteiger partial charge in [-0.25, -0.2) is 4.39 Å². The topological polar surface area (TPSA) is 75.6 Å². The first-order valence-electron chi connectivity index (χ1n) is 5.55. The van der Waals surface area contributed by atoms with Crippen LogP contribution in [0.2, 0.25) is 0 Å². The number of amides is 1. The smallest absolute Gasteiger partial charge is 0.311 e. The zero-order valence-corrected chi connectivity index (χ0v) is 11.3. The molecule has 5 nitrogen and oxygen atoms in total. The molecule has 19 heavy (non-hydrogen) atoms. The fraction of sp³-hybridized carbons (Fsp3) is 0.333. The van der Waals surface area contributed by atoms with Crippen LogP contribution in [0, 0.1) is 11.7 Å². The summed E-state index contributed by atoms with van der Waals surface area (Å²) in [5, 5.41) is 11.5. The predicted molar refractivity (Wildman–Crippen MR) is 67.3 cm³/mol. The molecule has 0 aliphatic carbocycles. The van der Waals surface area contributed by atoms with E-state index in [1.165, 1.54) is 12.1 Å². The highest BCUT2D eigenvalue weighted by atomic mass is 79.9. The van der Waals surface area contributed by atoms with Crippen LogP contribution in [0.3, 0.4) is 0 Å². The largest absolute Gasteiger partial charge is 0.481 e. The van der Waals surface area contributed by atoms with Gasteiger partial charge in [0, 0.05) is 5.56 Å². The summed E-state index contributed by atoms with van der Waals surface area (Å²) in [7, 11) is 0. The lowest BCUT2D eigenvalue weighted by Crippen LogP contribution is -2.42. The lowest BCUT2D eigenvalue weighted by molar-refractivity contribution is -0.142. The van der Waals surface area contributed by atoms with Crippen molar-refractivity contribution in [2.75, 3.05) is 13.2 Å². The molecule has 1 aromatic carbocycles. The highest BCUT2D eigenvalue weighted by Gasteiger charge is 2.35. The summed E-state index contributed by atoms with van der Waals surface area (Å²) in [6, 6.07) is 3.36. The van der Waals surface area contributed by atoms with Crippen LogP contribution in [0.4, 0.5) is 4.39 Å². The monoisotopic (exact) mass is 331 g/mol. The zero-order chi connectivity index (χ0) is 14.0. The van der Waals surface area contributed by atoms with Crippen LogP contribution < -0.4 is 5.32 Å². The van der Waals surface area contributed by atoms with Crippen LogP contribution in [0.25, 0.3) is 0 Å². The van der Waals surface area contributed by atoms with Crippen molar-refractivity contribution in [2.24, 2.45) is 5.92 Å². The average Bonchev–Trinajstić information content (AvgIpc) is 2.80. The van der Waals surface area contributed by atoms with Crippen LogP contribution in [0.1, 0.15) is 10.4 Å². The van der Waals surface area contributed by atoms with Gasteiger partial charge in [0.05, 0.1) is 23.7 Å². The molecule has 0 saturated carbocycles. The van der Waals surface area contributed by atoms with Gasteiger partial charge in [-0.05, 0) is 34.1 Å². The minimum Gasteiger partial charge on any atom is -0.481 e. The maximum Gasteiger partial charge on any atom is 0.311 e. The number of ether oxygens (including phenoxy) is 1. The number of nitrogens with one attached hydrogen (secondary N) is 1. The molecule has 0 bridgehead atoms.